The van der Waals surface area contributed by atoms with Gasteiger partial charge in [0.1, 0.15) is 6.10 Å². The smallest absolute Gasteiger partial charge is 0.405 e. The fourth-order valence-corrected chi connectivity index (χ4v) is 3.56. The molecule has 1 aliphatic rings. The van der Waals surface area contributed by atoms with Gasteiger partial charge in [-0.2, -0.15) is 0 Å². The molecule has 0 saturated carbocycles. The summed E-state index contributed by atoms with van der Waals surface area (Å²) in [5.74, 6) is -0.121. The third-order valence-corrected chi connectivity index (χ3v) is 4.97. The maximum atomic E-state index is 14.2. The summed E-state index contributed by atoms with van der Waals surface area (Å²) >= 11 is 0. The number of fused-ring (bicyclic) bond motifs is 1. The number of halogens is 1. The van der Waals surface area contributed by atoms with E-state index in [4.69, 9.17) is 15.2 Å². The maximum absolute atomic E-state index is 14.2. The lowest BCUT2D eigenvalue weighted by Gasteiger charge is -2.39. The molecule has 2 aromatic rings. The second kappa shape index (κ2) is 6.98. The van der Waals surface area contributed by atoms with Crippen molar-refractivity contribution in [2.24, 2.45) is 11.1 Å². The zero-order valence-electron chi connectivity index (χ0n) is 15.3. The van der Waals surface area contributed by atoms with Crippen molar-refractivity contribution in [2.75, 3.05) is 6.61 Å². The Morgan fingerprint density at radius 2 is 1.92 bits per heavy atom. The molecule has 2 N–H and O–H groups in total. The third kappa shape index (κ3) is 3.52. The molecular weight excluding hydrogens is 333 g/mol. The van der Waals surface area contributed by atoms with Gasteiger partial charge >= 0.3 is 6.09 Å². The van der Waals surface area contributed by atoms with E-state index in [2.05, 4.69) is 13.8 Å². The predicted molar refractivity (Wildman–Crippen MR) is 98.5 cm³/mol. The van der Waals surface area contributed by atoms with Crippen LogP contribution in [0, 0.1) is 11.2 Å². The molecule has 3 rings (SSSR count). The Hall–Kier alpha value is -2.56. The van der Waals surface area contributed by atoms with Crippen LogP contribution in [0.2, 0.25) is 0 Å². The summed E-state index contributed by atoms with van der Waals surface area (Å²) in [6.45, 7) is 6.38. The predicted octanol–water partition coefficient (Wildman–Crippen LogP) is 5.00. The van der Waals surface area contributed by atoms with Crippen LogP contribution in [0.5, 0.6) is 5.75 Å². The first-order valence-electron chi connectivity index (χ1n) is 8.83. The molecule has 0 fully saturated rings. The van der Waals surface area contributed by atoms with E-state index >= 15 is 0 Å². The molecule has 1 aliphatic carbocycles. The fraction of sp³-hybridized carbons (Fsp3) is 0.381. The van der Waals surface area contributed by atoms with Crippen molar-refractivity contribution in [1.82, 2.24) is 0 Å². The van der Waals surface area contributed by atoms with Gasteiger partial charge in [-0.3, -0.25) is 0 Å². The van der Waals surface area contributed by atoms with Gasteiger partial charge in [-0.25, -0.2) is 9.18 Å². The molecule has 2 aromatic carbocycles. The van der Waals surface area contributed by atoms with Crippen molar-refractivity contribution in [3.05, 3.63) is 53.3 Å². The van der Waals surface area contributed by atoms with Gasteiger partial charge in [0.15, 0.2) is 11.6 Å². The number of amides is 1. The zero-order valence-corrected chi connectivity index (χ0v) is 15.3. The van der Waals surface area contributed by atoms with Gasteiger partial charge in [0.25, 0.3) is 0 Å². The number of nitrogens with two attached hydrogens (primary N) is 1. The lowest BCUT2D eigenvalue weighted by Crippen LogP contribution is -2.33. The lowest BCUT2D eigenvalue weighted by atomic mass is 9.71. The van der Waals surface area contributed by atoms with Crippen molar-refractivity contribution in [2.45, 2.75) is 39.7 Å². The minimum Gasteiger partial charge on any atom is -0.491 e. The standard InChI is InChI=1S/C21H24FNO3/c1-4-25-18-8-6-14(12-17(18)22)13-5-7-16-15(11-13)9-10-21(2,3)19(16)26-20(23)24/h5-8,11-12,19H,4,9-10H2,1-3H3,(H2,23,24). The molecule has 5 heteroatoms. The molecule has 1 amide bonds. The molecule has 0 bridgehead atoms. The molecule has 26 heavy (non-hydrogen) atoms. The second-order valence-electron chi connectivity index (χ2n) is 7.30. The van der Waals surface area contributed by atoms with E-state index in [1.165, 1.54) is 6.07 Å². The summed E-state index contributed by atoms with van der Waals surface area (Å²) in [7, 11) is 0. The molecule has 0 heterocycles. The average molecular weight is 357 g/mol. The van der Waals surface area contributed by atoms with Gasteiger partial charge in [0.05, 0.1) is 6.61 Å². The quantitative estimate of drug-likeness (QED) is 0.837. The van der Waals surface area contributed by atoms with Crippen LogP contribution in [0.3, 0.4) is 0 Å². The van der Waals surface area contributed by atoms with E-state index in [1.807, 2.05) is 31.2 Å². The Morgan fingerprint density at radius 1 is 1.23 bits per heavy atom. The van der Waals surface area contributed by atoms with Gasteiger partial charge in [-0.05, 0) is 54.2 Å². The van der Waals surface area contributed by atoms with E-state index in [1.54, 1.807) is 6.07 Å². The molecule has 0 aromatic heterocycles. The molecule has 0 saturated heterocycles. The number of hydrogen-bond donors (Lipinski definition) is 1. The highest BCUT2D eigenvalue weighted by atomic mass is 19.1. The van der Waals surface area contributed by atoms with E-state index < -0.39 is 6.09 Å². The monoisotopic (exact) mass is 357 g/mol. The van der Waals surface area contributed by atoms with E-state index in [0.29, 0.717) is 6.61 Å². The highest BCUT2D eigenvalue weighted by molar-refractivity contribution is 5.67. The number of ether oxygens (including phenoxy) is 2. The van der Waals surface area contributed by atoms with Crippen LogP contribution in [-0.2, 0) is 11.2 Å². The van der Waals surface area contributed by atoms with Crippen molar-refractivity contribution in [3.63, 3.8) is 0 Å². The third-order valence-electron chi connectivity index (χ3n) is 4.97. The molecule has 1 unspecified atom stereocenters. The summed E-state index contributed by atoms with van der Waals surface area (Å²) in [6, 6.07) is 10.9. The van der Waals surface area contributed by atoms with Gasteiger partial charge in [-0.1, -0.05) is 38.1 Å². The fourth-order valence-electron chi connectivity index (χ4n) is 3.56. The Labute approximate surface area is 153 Å². The van der Waals surface area contributed by atoms with Crippen molar-refractivity contribution in [3.8, 4) is 16.9 Å². The highest BCUT2D eigenvalue weighted by Gasteiger charge is 2.38. The number of rotatable bonds is 4. The van der Waals surface area contributed by atoms with Crippen LogP contribution in [-0.4, -0.2) is 12.7 Å². The van der Waals surface area contributed by atoms with Gasteiger partial charge in [-0.15, -0.1) is 0 Å². The summed E-state index contributed by atoms with van der Waals surface area (Å²) in [6.07, 6.45) is 0.594. The number of aryl methyl sites for hydroxylation is 1. The van der Waals surface area contributed by atoms with Crippen LogP contribution >= 0.6 is 0 Å². The minimum absolute atomic E-state index is 0.186. The number of hydrogen-bond acceptors (Lipinski definition) is 3. The van der Waals surface area contributed by atoms with Crippen LogP contribution in [0.4, 0.5) is 9.18 Å². The molecule has 0 radical (unpaired) electrons. The first-order chi connectivity index (χ1) is 12.3. The van der Waals surface area contributed by atoms with E-state index in [-0.39, 0.29) is 23.1 Å². The summed E-state index contributed by atoms with van der Waals surface area (Å²) in [5, 5.41) is 0. The first-order valence-corrected chi connectivity index (χ1v) is 8.83. The Morgan fingerprint density at radius 3 is 2.58 bits per heavy atom. The molecule has 0 aliphatic heterocycles. The Balaban J connectivity index is 1.96. The summed E-state index contributed by atoms with van der Waals surface area (Å²) in [4.78, 5) is 11.3. The Kier molecular flexibility index (Phi) is 4.90. The average Bonchev–Trinajstić information content (AvgIpc) is 2.59. The zero-order chi connectivity index (χ0) is 18.9. The number of carbonyl (C=O) groups excluding carboxylic acids is 1. The number of benzene rings is 2. The summed E-state index contributed by atoms with van der Waals surface area (Å²) in [5.41, 5.74) is 8.85. The minimum atomic E-state index is -0.770. The second-order valence-corrected chi connectivity index (χ2v) is 7.30. The topological polar surface area (TPSA) is 61.6 Å². The molecule has 0 spiro atoms. The molecular formula is C21H24FNO3. The number of primary amides is 1. The molecule has 1 atom stereocenters. The van der Waals surface area contributed by atoms with E-state index in [9.17, 15) is 9.18 Å². The number of carbonyl (C=O) groups is 1. The van der Waals surface area contributed by atoms with Crippen LogP contribution in [0.15, 0.2) is 36.4 Å². The van der Waals surface area contributed by atoms with Crippen LogP contribution < -0.4 is 10.5 Å². The SMILES string of the molecule is CCOc1ccc(-c2ccc3c(c2)CCC(C)(C)C3OC(N)=O)cc1F. The maximum Gasteiger partial charge on any atom is 0.405 e. The lowest BCUT2D eigenvalue weighted by molar-refractivity contribution is 0.0147. The molecule has 138 valence electrons. The van der Waals surface area contributed by atoms with Gasteiger partial charge in [0, 0.05) is 5.41 Å². The van der Waals surface area contributed by atoms with Crippen LogP contribution in [0.25, 0.3) is 11.1 Å². The summed E-state index contributed by atoms with van der Waals surface area (Å²) < 4.78 is 24.8. The van der Waals surface area contributed by atoms with Crippen molar-refractivity contribution >= 4 is 6.09 Å². The Bertz CT molecular complexity index is 832. The largest absolute Gasteiger partial charge is 0.491 e. The van der Waals surface area contributed by atoms with Crippen molar-refractivity contribution < 1.29 is 18.7 Å². The first kappa shape index (κ1) is 18.2. The molecule has 4 nitrogen and oxygen atoms in total. The highest BCUT2D eigenvalue weighted by Crippen LogP contribution is 2.46. The van der Waals surface area contributed by atoms with E-state index in [0.717, 1.165) is 35.1 Å². The van der Waals surface area contributed by atoms with Crippen LogP contribution in [0.1, 0.15) is 44.4 Å². The van der Waals surface area contributed by atoms with Gasteiger partial charge in [0.2, 0.25) is 0 Å². The van der Waals surface area contributed by atoms with Crippen molar-refractivity contribution in [1.29, 1.82) is 0 Å². The normalized spacial score (nSPS) is 18.1. The van der Waals surface area contributed by atoms with Gasteiger partial charge < -0.3 is 15.2 Å².